The number of nitrogens with zero attached hydrogens (tertiary/aromatic N) is 10. The number of azide groups is 1. The lowest BCUT2D eigenvalue weighted by atomic mass is 10.2. The Labute approximate surface area is 182 Å². The highest BCUT2D eigenvalue weighted by Crippen LogP contribution is 2.38. The smallest absolute Gasteiger partial charge is 0.229 e. The third-order valence-electron chi connectivity index (χ3n) is 5.60. The summed E-state index contributed by atoms with van der Waals surface area (Å²) >= 11 is 0. The first-order chi connectivity index (χ1) is 15.6. The monoisotopic (exact) mass is 427 g/mol. The largest absolute Gasteiger partial charge is 0.374 e. The van der Waals surface area contributed by atoms with Gasteiger partial charge in [0.15, 0.2) is 11.5 Å². The van der Waals surface area contributed by atoms with E-state index in [-0.39, 0.29) is 17.8 Å². The summed E-state index contributed by atoms with van der Waals surface area (Å²) in [5, 5.41) is 20.9. The summed E-state index contributed by atoms with van der Waals surface area (Å²) in [4.78, 5) is 17.8. The average molecular weight is 427 g/mol. The molecule has 5 heterocycles. The van der Waals surface area contributed by atoms with Crippen LogP contribution in [0.4, 0.5) is 22.9 Å². The fraction of sp³-hybridized carbons (Fsp3) is 0.350. The number of nitrogens with one attached hydrogen (secondary N) is 1. The Morgan fingerprint density at radius 2 is 2.31 bits per heavy atom. The molecule has 1 N–H and O–H groups in total. The number of aromatic nitrogens is 4. The fourth-order valence-electron chi connectivity index (χ4n) is 4.12. The molecule has 5 rings (SSSR count). The van der Waals surface area contributed by atoms with Gasteiger partial charge in [-0.2, -0.15) is 15.0 Å². The molecule has 3 aromatic heterocycles. The van der Waals surface area contributed by atoms with Crippen molar-refractivity contribution in [3.8, 4) is 11.9 Å². The van der Waals surface area contributed by atoms with Crippen molar-refractivity contribution in [1.29, 1.82) is 5.26 Å². The van der Waals surface area contributed by atoms with Crippen LogP contribution in [0.5, 0.6) is 0 Å². The predicted molar refractivity (Wildman–Crippen MR) is 116 cm³/mol. The molecule has 0 spiro atoms. The molecule has 0 saturated carbocycles. The van der Waals surface area contributed by atoms with E-state index >= 15 is 0 Å². The lowest BCUT2D eigenvalue weighted by molar-refractivity contribution is 0.0989. The number of morpholine rings is 1. The molecule has 0 amide bonds. The van der Waals surface area contributed by atoms with E-state index in [4.69, 9.17) is 27.1 Å². The van der Waals surface area contributed by atoms with Crippen LogP contribution in [0.25, 0.3) is 32.1 Å². The Kier molecular flexibility index (Phi) is 4.71. The zero-order valence-corrected chi connectivity index (χ0v) is 17.0. The van der Waals surface area contributed by atoms with Gasteiger partial charge in [0.1, 0.15) is 11.9 Å². The minimum Gasteiger partial charge on any atom is -0.374 e. The van der Waals surface area contributed by atoms with E-state index in [0.29, 0.717) is 47.2 Å². The lowest BCUT2D eigenvalue weighted by Crippen LogP contribution is -2.37. The third-order valence-corrected chi connectivity index (χ3v) is 5.60. The van der Waals surface area contributed by atoms with E-state index in [2.05, 4.69) is 41.2 Å². The van der Waals surface area contributed by atoms with E-state index in [1.807, 2.05) is 0 Å². The van der Waals surface area contributed by atoms with Crippen LogP contribution in [0.2, 0.25) is 0 Å². The molecular weight excluding hydrogens is 410 g/mol. The number of fused-ring (bicyclic) bond motifs is 3. The first-order valence-electron chi connectivity index (χ1n) is 9.97. The molecule has 3 aromatic rings. The molecular formula is C20H17N11O. The molecule has 12 heteroatoms. The average Bonchev–Trinajstić information content (AvgIpc) is 3.54. The minimum absolute atomic E-state index is 0.173. The van der Waals surface area contributed by atoms with Crippen LogP contribution in [0, 0.1) is 17.9 Å². The topological polar surface area (TPSA) is 145 Å². The summed E-state index contributed by atoms with van der Waals surface area (Å²) in [7, 11) is 0. The maximum Gasteiger partial charge on any atom is 0.229 e. The maximum atomic E-state index is 9.14. The SMILES string of the molecule is [C-]#[N+]c1cc2cnn(-c3cc(N[C@H](C)C#N)c(N=[N+]=[N-])cn3)c2nc1N1C[C@H]2C[C@@H]1CO2. The Morgan fingerprint density at radius 1 is 1.44 bits per heavy atom. The van der Waals surface area contributed by atoms with Crippen molar-refractivity contribution in [3.63, 3.8) is 0 Å². The molecule has 0 radical (unpaired) electrons. The molecule has 0 aromatic carbocycles. The van der Waals surface area contributed by atoms with Gasteiger partial charge in [0.25, 0.3) is 0 Å². The molecule has 2 aliphatic heterocycles. The summed E-state index contributed by atoms with van der Waals surface area (Å²) in [5.41, 5.74) is 10.6. The Balaban J connectivity index is 1.61. The molecule has 32 heavy (non-hydrogen) atoms. The van der Waals surface area contributed by atoms with Crippen molar-refractivity contribution in [2.45, 2.75) is 31.5 Å². The van der Waals surface area contributed by atoms with E-state index < -0.39 is 6.04 Å². The Morgan fingerprint density at radius 3 is 3.00 bits per heavy atom. The normalized spacial score (nSPS) is 19.9. The van der Waals surface area contributed by atoms with E-state index in [1.165, 1.54) is 6.20 Å². The fourth-order valence-corrected chi connectivity index (χ4v) is 4.12. The highest BCUT2D eigenvalue weighted by molar-refractivity contribution is 5.86. The van der Waals surface area contributed by atoms with Crippen LogP contribution in [0.15, 0.2) is 29.6 Å². The van der Waals surface area contributed by atoms with Gasteiger partial charge in [-0.25, -0.2) is 14.8 Å². The van der Waals surface area contributed by atoms with Crippen molar-refractivity contribution in [2.75, 3.05) is 23.4 Å². The standard InChI is InChI=1S/C20H17N11O/c1-11(6-21)26-15-5-18(24-8-17(15)28-29-22)31-19-12(7-25-31)3-16(23-2)20(27-19)30-9-14-4-13(30)10-32-14/h3,5,7-8,11,13-14H,4,9-10H2,1H3,(H,24,26)/t11-,13-,14-/m1/s1. The van der Waals surface area contributed by atoms with Crippen molar-refractivity contribution < 1.29 is 4.74 Å². The zero-order chi connectivity index (χ0) is 22.2. The molecule has 2 bridgehead atoms. The Hall–Kier alpha value is -4.38. The highest BCUT2D eigenvalue weighted by atomic mass is 16.5. The number of ether oxygens (including phenoxy) is 1. The summed E-state index contributed by atoms with van der Waals surface area (Å²) in [6, 6.07) is 5.23. The van der Waals surface area contributed by atoms with Crippen molar-refractivity contribution in [2.24, 2.45) is 5.11 Å². The molecule has 0 aliphatic carbocycles. The minimum atomic E-state index is -0.508. The number of hydrogen-bond acceptors (Lipinski definition) is 8. The van der Waals surface area contributed by atoms with Crippen LogP contribution in [-0.2, 0) is 4.74 Å². The highest BCUT2D eigenvalue weighted by Gasteiger charge is 2.40. The molecule has 2 saturated heterocycles. The van der Waals surface area contributed by atoms with Gasteiger partial charge in [0.05, 0.1) is 49.0 Å². The molecule has 12 nitrogen and oxygen atoms in total. The van der Waals surface area contributed by atoms with Crippen LogP contribution < -0.4 is 10.2 Å². The van der Waals surface area contributed by atoms with Gasteiger partial charge in [0.2, 0.25) is 5.69 Å². The lowest BCUT2D eigenvalue weighted by Gasteiger charge is -2.28. The van der Waals surface area contributed by atoms with Crippen LogP contribution in [0.1, 0.15) is 13.3 Å². The number of rotatable bonds is 5. The van der Waals surface area contributed by atoms with E-state index in [9.17, 15) is 0 Å². The van der Waals surface area contributed by atoms with Crippen molar-refractivity contribution >= 4 is 33.9 Å². The maximum absolute atomic E-state index is 9.14. The summed E-state index contributed by atoms with van der Waals surface area (Å²) in [6.07, 6.45) is 4.16. The van der Waals surface area contributed by atoms with Crippen LogP contribution in [-0.4, -0.2) is 51.1 Å². The van der Waals surface area contributed by atoms with Crippen molar-refractivity contribution in [1.82, 2.24) is 19.7 Å². The van der Waals surface area contributed by atoms with E-state index in [0.717, 1.165) is 6.42 Å². The summed E-state index contributed by atoms with van der Waals surface area (Å²) in [5.74, 6) is 1.05. The summed E-state index contributed by atoms with van der Waals surface area (Å²) in [6.45, 7) is 10.6. The zero-order valence-electron chi connectivity index (χ0n) is 17.0. The summed E-state index contributed by atoms with van der Waals surface area (Å²) < 4.78 is 7.26. The molecule has 0 unspecified atom stereocenters. The first kappa shape index (κ1) is 19.6. The number of hydrogen-bond donors (Lipinski definition) is 1. The van der Waals surface area contributed by atoms with Gasteiger partial charge in [-0.15, -0.1) is 0 Å². The molecule has 3 atom stereocenters. The quantitative estimate of drug-likeness (QED) is 0.283. The van der Waals surface area contributed by atoms with Gasteiger partial charge in [-0.1, -0.05) is 5.11 Å². The van der Waals surface area contributed by atoms with Gasteiger partial charge in [0, 0.05) is 29.1 Å². The van der Waals surface area contributed by atoms with Gasteiger partial charge >= 0.3 is 0 Å². The van der Waals surface area contributed by atoms with E-state index in [1.54, 1.807) is 29.9 Å². The number of pyridine rings is 2. The second-order valence-electron chi connectivity index (χ2n) is 7.65. The van der Waals surface area contributed by atoms with Crippen molar-refractivity contribution in [3.05, 3.63) is 46.4 Å². The van der Waals surface area contributed by atoms with Gasteiger partial charge in [-0.05, 0) is 24.9 Å². The van der Waals surface area contributed by atoms with Gasteiger partial charge in [-0.3, -0.25) is 0 Å². The molecule has 2 fully saturated rings. The van der Waals surface area contributed by atoms with Crippen LogP contribution in [0.3, 0.4) is 0 Å². The molecule has 2 aliphatic rings. The number of anilines is 2. The Bertz CT molecular complexity index is 1340. The molecule has 158 valence electrons. The second kappa shape index (κ2) is 7.71. The first-order valence-corrected chi connectivity index (χ1v) is 9.97. The van der Waals surface area contributed by atoms with Crippen LogP contribution >= 0.6 is 0 Å². The van der Waals surface area contributed by atoms with Gasteiger partial charge < -0.3 is 15.0 Å². The predicted octanol–water partition coefficient (Wildman–Crippen LogP) is 3.61. The number of nitriles is 1. The second-order valence-corrected chi connectivity index (χ2v) is 7.65. The third kappa shape index (κ3) is 3.20.